The zero-order valence-corrected chi connectivity index (χ0v) is 19.9. The smallest absolute Gasteiger partial charge is 0.258 e. The second-order valence-corrected chi connectivity index (χ2v) is 9.10. The van der Waals surface area contributed by atoms with E-state index in [1.54, 1.807) is 30.0 Å². The monoisotopic (exact) mass is 475 g/mol. The van der Waals surface area contributed by atoms with Crippen molar-refractivity contribution in [2.75, 3.05) is 41.9 Å². The number of amides is 2. The van der Waals surface area contributed by atoms with Gasteiger partial charge in [0.05, 0.1) is 10.7 Å². The zero-order chi connectivity index (χ0) is 22.8. The second-order valence-electron chi connectivity index (χ2n) is 7.71. The van der Waals surface area contributed by atoms with E-state index in [0.29, 0.717) is 22.9 Å². The molecule has 0 radical (unpaired) electrons. The van der Waals surface area contributed by atoms with E-state index < -0.39 is 6.04 Å². The molecule has 1 heterocycles. The van der Waals surface area contributed by atoms with E-state index in [1.807, 2.05) is 36.6 Å². The minimum Gasteiger partial charge on any atom is -0.484 e. The first-order chi connectivity index (χ1) is 15.6. The average Bonchev–Trinajstić information content (AvgIpc) is 2.81. The summed E-state index contributed by atoms with van der Waals surface area (Å²) in [6.45, 7) is 1.85. The molecule has 0 bridgehead atoms. The Morgan fingerprint density at radius 3 is 2.56 bits per heavy atom. The maximum atomic E-state index is 12.9. The van der Waals surface area contributed by atoms with E-state index in [0.717, 1.165) is 24.5 Å². The molecular formula is C24H30ClN3O3S. The SMILES string of the molecule is CSCCC(NC(=O)COc1ccccc1)C(=O)Nc1ccc(N2CCCCC2)c(Cl)c1. The van der Waals surface area contributed by atoms with Crippen molar-refractivity contribution in [1.29, 1.82) is 0 Å². The Hall–Kier alpha value is -2.38. The molecule has 32 heavy (non-hydrogen) atoms. The van der Waals surface area contributed by atoms with Crippen LogP contribution in [-0.4, -0.2) is 49.6 Å². The van der Waals surface area contributed by atoms with Crippen LogP contribution in [-0.2, 0) is 9.59 Å². The fourth-order valence-electron chi connectivity index (χ4n) is 3.61. The van der Waals surface area contributed by atoms with Crippen LogP contribution in [0.1, 0.15) is 25.7 Å². The van der Waals surface area contributed by atoms with Gasteiger partial charge in [-0.3, -0.25) is 9.59 Å². The number of rotatable bonds is 10. The van der Waals surface area contributed by atoms with Gasteiger partial charge in [-0.25, -0.2) is 0 Å². The van der Waals surface area contributed by atoms with E-state index in [9.17, 15) is 9.59 Å². The van der Waals surface area contributed by atoms with Crippen molar-refractivity contribution in [1.82, 2.24) is 5.32 Å². The molecule has 6 nitrogen and oxygen atoms in total. The third-order valence-corrected chi connectivity index (χ3v) is 6.23. The minimum absolute atomic E-state index is 0.149. The molecule has 2 aromatic rings. The Morgan fingerprint density at radius 2 is 1.88 bits per heavy atom. The van der Waals surface area contributed by atoms with Crippen LogP contribution in [0.5, 0.6) is 5.75 Å². The number of hydrogen-bond acceptors (Lipinski definition) is 5. The van der Waals surface area contributed by atoms with Crippen LogP contribution < -0.4 is 20.3 Å². The number of nitrogens with one attached hydrogen (secondary N) is 2. The fourth-order valence-corrected chi connectivity index (χ4v) is 4.38. The van der Waals surface area contributed by atoms with Gasteiger partial charge in [0.2, 0.25) is 5.91 Å². The molecule has 3 rings (SSSR count). The normalized spacial score (nSPS) is 14.5. The summed E-state index contributed by atoms with van der Waals surface area (Å²) >= 11 is 8.13. The number of thioether (sulfide) groups is 1. The van der Waals surface area contributed by atoms with Crippen LogP contribution in [0, 0.1) is 0 Å². The van der Waals surface area contributed by atoms with Gasteiger partial charge in [0.1, 0.15) is 11.8 Å². The molecule has 2 amide bonds. The second kappa shape index (κ2) is 12.6. The molecule has 2 aromatic carbocycles. The number of benzene rings is 2. The number of carbonyl (C=O) groups is 2. The van der Waals surface area contributed by atoms with Gasteiger partial charge >= 0.3 is 0 Å². The van der Waals surface area contributed by atoms with Crippen LogP contribution in [0.4, 0.5) is 11.4 Å². The van der Waals surface area contributed by atoms with Gasteiger partial charge in [0.15, 0.2) is 6.61 Å². The summed E-state index contributed by atoms with van der Waals surface area (Å²) in [5.74, 6) is 0.741. The number of anilines is 2. The van der Waals surface area contributed by atoms with Crippen molar-refractivity contribution in [3.63, 3.8) is 0 Å². The summed E-state index contributed by atoms with van der Waals surface area (Å²) in [7, 11) is 0. The van der Waals surface area contributed by atoms with E-state index in [2.05, 4.69) is 15.5 Å². The standard InChI is InChI=1S/C24H30ClN3O3S/c1-32-15-12-21(27-23(29)17-31-19-8-4-2-5-9-19)24(30)26-18-10-11-22(20(25)16-18)28-13-6-3-7-14-28/h2,4-5,8-11,16,21H,3,6-7,12-15,17H2,1H3,(H,26,30)(H,27,29). The Bertz CT molecular complexity index is 891. The summed E-state index contributed by atoms with van der Waals surface area (Å²) in [5, 5.41) is 6.30. The molecular weight excluding hydrogens is 446 g/mol. The summed E-state index contributed by atoms with van der Waals surface area (Å²) in [6.07, 6.45) is 6.07. The number of piperidine rings is 1. The summed E-state index contributed by atoms with van der Waals surface area (Å²) in [5.41, 5.74) is 1.61. The maximum absolute atomic E-state index is 12.9. The number of nitrogens with zero attached hydrogens (tertiary/aromatic N) is 1. The number of halogens is 1. The third-order valence-electron chi connectivity index (χ3n) is 5.29. The van der Waals surface area contributed by atoms with Crippen LogP contribution in [0.3, 0.4) is 0 Å². The van der Waals surface area contributed by atoms with Crippen molar-refractivity contribution in [3.05, 3.63) is 53.6 Å². The Labute approximate surface area is 199 Å². The molecule has 1 aliphatic rings. The van der Waals surface area contributed by atoms with Crippen LogP contribution in [0.2, 0.25) is 5.02 Å². The topological polar surface area (TPSA) is 70.7 Å². The molecule has 1 fully saturated rings. The lowest BCUT2D eigenvalue weighted by atomic mass is 10.1. The molecule has 0 aliphatic carbocycles. The first kappa shape index (κ1) is 24.3. The van der Waals surface area contributed by atoms with Gasteiger partial charge in [-0.2, -0.15) is 11.8 Å². The lowest BCUT2D eigenvalue weighted by Crippen LogP contribution is -2.45. The Morgan fingerprint density at radius 1 is 1.12 bits per heavy atom. The van der Waals surface area contributed by atoms with Crippen LogP contribution in [0.15, 0.2) is 48.5 Å². The molecule has 8 heteroatoms. The van der Waals surface area contributed by atoms with E-state index in [4.69, 9.17) is 16.3 Å². The van der Waals surface area contributed by atoms with Gasteiger partial charge in [-0.1, -0.05) is 29.8 Å². The van der Waals surface area contributed by atoms with Crippen molar-refractivity contribution in [2.45, 2.75) is 31.7 Å². The first-order valence-corrected chi connectivity index (χ1v) is 12.7. The van der Waals surface area contributed by atoms with Gasteiger partial charge in [0.25, 0.3) is 5.91 Å². The predicted molar refractivity (Wildman–Crippen MR) is 133 cm³/mol. The highest BCUT2D eigenvalue weighted by Gasteiger charge is 2.22. The number of hydrogen-bond donors (Lipinski definition) is 2. The Balaban J connectivity index is 1.58. The average molecular weight is 476 g/mol. The molecule has 1 unspecified atom stereocenters. The van der Waals surface area contributed by atoms with E-state index >= 15 is 0 Å². The van der Waals surface area contributed by atoms with Gasteiger partial charge in [-0.15, -0.1) is 0 Å². The molecule has 0 saturated carbocycles. The maximum Gasteiger partial charge on any atom is 0.258 e. The summed E-state index contributed by atoms with van der Waals surface area (Å²) < 4.78 is 5.49. The van der Waals surface area contributed by atoms with Crippen LogP contribution in [0.25, 0.3) is 0 Å². The first-order valence-electron chi connectivity index (χ1n) is 10.9. The molecule has 1 saturated heterocycles. The highest BCUT2D eigenvalue weighted by molar-refractivity contribution is 7.98. The fraction of sp³-hybridized carbons (Fsp3) is 0.417. The summed E-state index contributed by atoms with van der Waals surface area (Å²) in [6, 6.07) is 14.0. The van der Waals surface area contributed by atoms with Gasteiger partial charge in [0, 0.05) is 18.8 Å². The predicted octanol–water partition coefficient (Wildman–Crippen LogP) is 4.59. The van der Waals surface area contributed by atoms with Crippen molar-refractivity contribution >= 4 is 46.6 Å². The van der Waals surface area contributed by atoms with Crippen molar-refractivity contribution in [3.8, 4) is 5.75 Å². The zero-order valence-electron chi connectivity index (χ0n) is 18.3. The lowest BCUT2D eigenvalue weighted by Gasteiger charge is -2.29. The largest absolute Gasteiger partial charge is 0.484 e. The molecule has 172 valence electrons. The van der Waals surface area contributed by atoms with Gasteiger partial charge < -0.3 is 20.3 Å². The highest BCUT2D eigenvalue weighted by Crippen LogP contribution is 2.31. The van der Waals surface area contributed by atoms with Crippen LogP contribution >= 0.6 is 23.4 Å². The van der Waals surface area contributed by atoms with E-state index in [-0.39, 0.29) is 18.4 Å². The number of carbonyl (C=O) groups excluding carboxylic acids is 2. The Kier molecular flexibility index (Phi) is 9.56. The van der Waals surface area contributed by atoms with Crippen molar-refractivity contribution in [2.24, 2.45) is 0 Å². The molecule has 1 aliphatic heterocycles. The van der Waals surface area contributed by atoms with Gasteiger partial charge in [-0.05, 0) is 68.0 Å². The quantitative estimate of drug-likeness (QED) is 0.526. The van der Waals surface area contributed by atoms with E-state index in [1.165, 1.54) is 19.3 Å². The third kappa shape index (κ3) is 7.35. The number of ether oxygens (including phenoxy) is 1. The number of para-hydroxylation sites is 1. The lowest BCUT2D eigenvalue weighted by molar-refractivity contribution is -0.127. The van der Waals surface area contributed by atoms with Crippen molar-refractivity contribution < 1.29 is 14.3 Å². The summed E-state index contributed by atoms with van der Waals surface area (Å²) in [4.78, 5) is 27.6. The molecule has 0 spiro atoms. The minimum atomic E-state index is -0.658. The highest BCUT2D eigenvalue weighted by atomic mass is 35.5. The molecule has 2 N–H and O–H groups in total. The molecule has 0 aromatic heterocycles. The molecule has 1 atom stereocenters.